The Morgan fingerprint density at radius 3 is 2.70 bits per heavy atom. The summed E-state index contributed by atoms with van der Waals surface area (Å²) in [5, 5.41) is 10.9. The summed E-state index contributed by atoms with van der Waals surface area (Å²) >= 11 is 0. The maximum Gasteiger partial charge on any atom is 0.276 e. The highest BCUT2D eigenvalue weighted by Gasteiger charge is 2.13. The number of aldehydes is 1. The number of carbonyl (C=O) groups excluding carboxylic acids is 1. The molecule has 0 fully saturated rings. The smallest absolute Gasteiger partial charge is 0.276 e. The van der Waals surface area contributed by atoms with Crippen molar-refractivity contribution in [3.05, 3.63) is 69.3 Å². The normalized spacial score (nSPS) is 10.1. The number of para-hydroxylation sites is 1. The largest absolute Gasteiger partial charge is 0.488 e. The molecule has 0 aliphatic heterocycles. The average Bonchev–Trinajstić information content (AvgIpc) is 2.45. The molecule has 102 valence electrons. The Kier molecular flexibility index (Phi) is 4.10. The number of ether oxygens (including phenoxy) is 1. The van der Waals surface area contributed by atoms with Crippen LogP contribution in [0.25, 0.3) is 0 Å². The lowest BCUT2D eigenvalue weighted by atomic mass is 10.1. The van der Waals surface area contributed by atoms with Gasteiger partial charge in [-0.25, -0.2) is 0 Å². The van der Waals surface area contributed by atoms with Gasteiger partial charge in [-0.15, -0.1) is 0 Å². The van der Waals surface area contributed by atoms with Crippen molar-refractivity contribution in [1.82, 2.24) is 0 Å². The molecular formula is C15H13NO4. The van der Waals surface area contributed by atoms with Crippen LogP contribution < -0.4 is 4.74 Å². The number of aryl methyl sites for hydroxylation is 1. The molecule has 0 spiro atoms. The number of nitro groups is 1. The minimum atomic E-state index is -0.449. The summed E-state index contributed by atoms with van der Waals surface area (Å²) in [7, 11) is 0. The summed E-state index contributed by atoms with van der Waals surface area (Å²) in [5.41, 5.74) is 1.85. The molecule has 2 aromatic carbocycles. The van der Waals surface area contributed by atoms with E-state index in [1.54, 1.807) is 30.3 Å². The van der Waals surface area contributed by atoms with Crippen LogP contribution in [-0.4, -0.2) is 11.2 Å². The molecule has 0 aliphatic carbocycles. The van der Waals surface area contributed by atoms with E-state index in [2.05, 4.69) is 0 Å². The second kappa shape index (κ2) is 5.97. The van der Waals surface area contributed by atoms with Crippen LogP contribution >= 0.6 is 0 Å². The maximum atomic E-state index is 10.9. The highest BCUT2D eigenvalue weighted by molar-refractivity contribution is 5.79. The number of nitrogens with zero attached hydrogens (tertiary/aromatic N) is 1. The van der Waals surface area contributed by atoms with Crippen molar-refractivity contribution in [2.75, 3.05) is 0 Å². The highest BCUT2D eigenvalue weighted by atomic mass is 16.6. The first-order chi connectivity index (χ1) is 9.61. The van der Waals surface area contributed by atoms with E-state index >= 15 is 0 Å². The van der Waals surface area contributed by atoms with Crippen molar-refractivity contribution in [1.29, 1.82) is 0 Å². The first kappa shape index (κ1) is 13.7. The zero-order valence-electron chi connectivity index (χ0n) is 10.9. The highest BCUT2D eigenvalue weighted by Crippen LogP contribution is 2.23. The Morgan fingerprint density at radius 2 is 2.00 bits per heavy atom. The summed E-state index contributed by atoms with van der Waals surface area (Å²) in [6.45, 7) is 1.92. The third-order valence-electron chi connectivity index (χ3n) is 2.87. The van der Waals surface area contributed by atoms with Gasteiger partial charge in [0.15, 0.2) is 6.29 Å². The van der Waals surface area contributed by atoms with Crippen molar-refractivity contribution >= 4 is 12.0 Å². The Bertz CT molecular complexity index is 652. The number of hydrogen-bond acceptors (Lipinski definition) is 4. The van der Waals surface area contributed by atoms with E-state index < -0.39 is 4.92 Å². The molecule has 0 N–H and O–H groups in total. The van der Waals surface area contributed by atoms with Crippen LogP contribution in [0.5, 0.6) is 5.75 Å². The number of hydrogen-bond donors (Lipinski definition) is 0. The Morgan fingerprint density at radius 1 is 1.25 bits per heavy atom. The summed E-state index contributed by atoms with van der Waals surface area (Å²) in [5.74, 6) is 0.429. The molecule has 0 radical (unpaired) electrons. The van der Waals surface area contributed by atoms with Crippen LogP contribution in [0.15, 0.2) is 42.5 Å². The third-order valence-corrected chi connectivity index (χ3v) is 2.87. The molecule has 0 amide bonds. The van der Waals surface area contributed by atoms with Gasteiger partial charge >= 0.3 is 0 Å². The van der Waals surface area contributed by atoms with E-state index in [1.165, 1.54) is 6.07 Å². The van der Waals surface area contributed by atoms with Crippen molar-refractivity contribution in [2.24, 2.45) is 0 Å². The fourth-order valence-electron chi connectivity index (χ4n) is 1.83. The minimum Gasteiger partial charge on any atom is -0.488 e. The monoisotopic (exact) mass is 271 g/mol. The van der Waals surface area contributed by atoms with Gasteiger partial charge in [0.2, 0.25) is 0 Å². The van der Waals surface area contributed by atoms with Crippen LogP contribution in [0, 0.1) is 17.0 Å². The minimum absolute atomic E-state index is 0.00723. The molecule has 0 bridgehead atoms. The molecule has 0 heterocycles. The number of benzene rings is 2. The lowest BCUT2D eigenvalue weighted by Gasteiger charge is -2.09. The summed E-state index contributed by atoms with van der Waals surface area (Å²) < 4.78 is 5.55. The molecule has 0 unspecified atom stereocenters. The van der Waals surface area contributed by atoms with E-state index in [1.807, 2.05) is 13.0 Å². The maximum absolute atomic E-state index is 10.9. The molecule has 2 aromatic rings. The molecule has 2 rings (SSSR count). The molecular weight excluding hydrogens is 258 g/mol. The second-order valence-electron chi connectivity index (χ2n) is 4.33. The fraction of sp³-hybridized carbons (Fsp3) is 0.133. The van der Waals surface area contributed by atoms with Crippen molar-refractivity contribution in [3.63, 3.8) is 0 Å². The van der Waals surface area contributed by atoms with E-state index in [4.69, 9.17) is 4.74 Å². The van der Waals surface area contributed by atoms with Crippen LogP contribution in [-0.2, 0) is 6.61 Å². The number of rotatable bonds is 5. The van der Waals surface area contributed by atoms with Gasteiger partial charge < -0.3 is 4.74 Å². The standard InChI is InChI=1S/C15H13NO4/c1-11-6-7-12(9-17)15(8-11)20-10-13-4-2-3-5-14(13)16(18)19/h2-9H,10H2,1H3. The lowest BCUT2D eigenvalue weighted by molar-refractivity contribution is -0.385. The predicted molar refractivity (Wildman–Crippen MR) is 74.0 cm³/mol. The van der Waals surface area contributed by atoms with Crippen LogP contribution in [0.1, 0.15) is 21.5 Å². The Labute approximate surface area is 116 Å². The fourth-order valence-corrected chi connectivity index (χ4v) is 1.83. The quantitative estimate of drug-likeness (QED) is 0.475. The zero-order valence-corrected chi connectivity index (χ0v) is 10.9. The molecule has 0 saturated carbocycles. The molecule has 20 heavy (non-hydrogen) atoms. The summed E-state index contributed by atoms with van der Waals surface area (Å²) in [6.07, 6.45) is 0.703. The first-order valence-electron chi connectivity index (χ1n) is 6.02. The molecule has 0 atom stereocenters. The molecule has 0 aliphatic rings. The topological polar surface area (TPSA) is 69.4 Å². The third kappa shape index (κ3) is 3.00. The van der Waals surface area contributed by atoms with Gasteiger partial charge in [0.25, 0.3) is 5.69 Å². The number of carbonyl (C=O) groups is 1. The van der Waals surface area contributed by atoms with Gasteiger partial charge in [0, 0.05) is 6.07 Å². The van der Waals surface area contributed by atoms with Crippen molar-refractivity contribution < 1.29 is 14.5 Å². The second-order valence-corrected chi connectivity index (χ2v) is 4.33. The molecule has 5 nitrogen and oxygen atoms in total. The molecule has 0 aromatic heterocycles. The van der Waals surface area contributed by atoms with E-state index in [-0.39, 0.29) is 12.3 Å². The van der Waals surface area contributed by atoms with Gasteiger partial charge in [0.1, 0.15) is 12.4 Å². The van der Waals surface area contributed by atoms with Gasteiger partial charge in [0.05, 0.1) is 16.1 Å². The van der Waals surface area contributed by atoms with Crippen LogP contribution in [0.2, 0.25) is 0 Å². The van der Waals surface area contributed by atoms with Crippen molar-refractivity contribution in [3.8, 4) is 5.75 Å². The van der Waals surface area contributed by atoms with Crippen molar-refractivity contribution in [2.45, 2.75) is 13.5 Å². The van der Waals surface area contributed by atoms with Gasteiger partial charge in [-0.05, 0) is 30.7 Å². The van der Waals surface area contributed by atoms with Crippen LogP contribution in [0.3, 0.4) is 0 Å². The van der Waals surface area contributed by atoms with E-state index in [0.29, 0.717) is 23.2 Å². The SMILES string of the molecule is Cc1ccc(C=O)c(OCc2ccccc2[N+](=O)[O-])c1. The van der Waals surface area contributed by atoms with Gasteiger partial charge in [-0.2, -0.15) is 0 Å². The van der Waals surface area contributed by atoms with Crippen LogP contribution in [0.4, 0.5) is 5.69 Å². The number of nitro benzene ring substituents is 1. The first-order valence-corrected chi connectivity index (χ1v) is 6.02. The Hall–Kier alpha value is -2.69. The lowest BCUT2D eigenvalue weighted by Crippen LogP contribution is -2.02. The predicted octanol–water partition coefficient (Wildman–Crippen LogP) is 3.29. The molecule has 5 heteroatoms. The van der Waals surface area contributed by atoms with Gasteiger partial charge in [-0.1, -0.05) is 18.2 Å². The average molecular weight is 271 g/mol. The van der Waals surface area contributed by atoms with E-state index in [0.717, 1.165) is 5.56 Å². The van der Waals surface area contributed by atoms with E-state index in [9.17, 15) is 14.9 Å². The summed E-state index contributed by atoms with van der Waals surface area (Å²) in [4.78, 5) is 21.4. The summed E-state index contributed by atoms with van der Waals surface area (Å²) in [6, 6.07) is 11.6. The van der Waals surface area contributed by atoms with Gasteiger partial charge in [-0.3, -0.25) is 14.9 Å². The zero-order chi connectivity index (χ0) is 14.5. The molecule has 0 saturated heterocycles. The Balaban J connectivity index is 2.23.